The minimum absolute atomic E-state index is 0.309. The highest BCUT2D eigenvalue weighted by molar-refractivity contribution is 7.53. The van der Waals surface area contributed by atoms with Gasteiger partial charge < -0.3 is 14.2 Å². The minimum atomic E-state index is -3.16. The third kappa shape index (κ3) is 18.4. The van der Waals surface area contributed by atoms with Gasteiger partial charge in [0, 0.05) is 6.42 Å². The van der Waals surface area contributed by atoms with E-state index in [1.807, 2.05) is 60.7 Å². The monoisotopic (exact) mass is 572 g/mol. The van der Waals surface area contributed by atoms with Crippen molar-refractivity contribution in [3.8, 4) is 0 Å². The zero-order valence-corrected chi connectivity index (χ0v) is 25.5. The van der Waals surface area contributed by atoms with Crippen LogP contribution in [0.2, 0.25) is 0 Å². The lowest BCUT2D eigenvalue weighted by Crippen LogP contribution is -2.02. The first-order valence-corrected chi connectivity index (χ1v) is 17.5. The Balaban J connectivity index is 1.46. The molecule has 2 rings (SSSR count). The third-order valence-electron chi connectivity index (χ3n) is 7.36. The fourth-order valence-corrected chi connectivity index (χ4v) is 6.53. The minimum Gasteiger partial charge on any atom is -0.481 e. The highest BCUT2D eigenvalue weighted by Gasteiger charge is 2.24. The summed E-state index contributed by atoms with van der Waals surface area (Å²) < 4.78 is 25.3. The summed E-state index contributed by atoms with van der Waals surface area (Å²) in [5.74, 6) is -0.672. The van der Waals surface area contributed by atoms with Crippen molar-refractivity contribution in [1.29, 1.82) is 0 Å². The van der Waals surface area contributed by atoms with Crippen LogP contribution in [0.3, 0.4) is 0 Å². The average Bonchev–Trinajstić information content (AvgIpc) is 2.97. The van der Waals surface area contributed by atoms with E-state index in [0.717, 1.165) is 36.8 Å². The SMILES string of the molecule is O=C(O)CCCCCCCCCCCCCCCCCCCP(=O)(OCc1ccccc1)OCc1ccccc1. The molecule has 0 saturated carbocycles. The number of carboxylic acid groups (broad SMARTS) is 1. The van der Waals surface area contributed by atoms with Gasteiger partial charge in [0.15, 0.2) is 0 Å². The maximum atomic E-state index is 13.5. The van der Waals surface area contributed by atoms with Gasteiger partial charge in [0.25, 0.3) is 0 Å². The van der Waals surface area contributed by atoms with Crippen LogP contribution in [0.15, 0.2) is 60.7 Å². The molecular formula is C34H53O5P. The topological polar surface area (TPSA) is 72.8 Å². The smallest absolute Gasteiger partial charge is 0.331 e. The predicted octanol–water partition coefficient (Wildman–Crippen LogP) is 10.7. The van der Waals surface area contributed by atoms with Crippen molar-refractivity contribution < 1.29 is 23.5 Å². The maximum absolute atomic E-state index is 13.5. The molecule has 1 N–H and O–H groups in total. The molecule has 0 radical (unpaired) electrons. The molecule has 224 valence electrons. The molecule has 0 atom stereocenters. The summed E-state index contributed by atoms with van der Waals surface area (Å²) in [4.78, 5) is 10.5. The second-order valence-electron chi connectivity index (χ2n) is 11.0. The molecule has 0 saturated heterocycles. The molecular weight excluding hydrogens is 519 g/mol. The standard InChI is InChI=1S/C34H53O5P/c35-34(36)28-22-14-12-10-8-6-4-2-1-3-5-7-9-11-13-15-23-29-40(37,38-30-32-24-18-16-19-25-32)39-31-33-26-20-17-21-27-33/h16-21,24-27H,1-15,22-23,28-31H2,(H,35,36). The molecule has 0 aliphatic rings. The predicted molar refractivity (Wildman–Crippen MR) is 166 cm³/mol. The zero-order valence-electron chi connectivity index (χ0n) is 24.7. The quantitative estimate of drug-likeness (QED) is 0.0896. The van der Waals surface area contributed by atoms with Crippen LogP contribution in [-0.2, 0) is 31.6 Å². The number of unbranched alkanes of at least 4 members (excludes halogenated alkanes) is 16. The van der Waals surface area contributed by atoms with Crippen molar-refractivity contribution >= 4 is 13.6 Å². The molecule has 0 bridgehead atoms. The van der Waals surface area contributed by atoms with Gasteiger partial charge in [-0.1, -0.05) is 157 Å². The molecule has 0 fully saturated rings. The summed E-state index contributed by atoms with van der Waals surface area (Å²) in [6.07, 6.45) is 21.4. The Hall–Kier alpha value is -1.94. The molecule has 0 aliphatic heterocycles. The van der Waals surface area contributed by atoms with Crippen LogP contribution >= 0.6 is 7.60 Å². The highest BCUT2D eigenvalue weighted by atomic mass is 31.2. The lowest BCUT2D eigenvalue weighted by molar-refractivity contribution is -0.137. The lowest BCUT2D eigenvalue weighted by atomic mass is 10.0. The number of rotatable bonds is 26. The Morgan fingerprint density at radius 3 is 1.20 bits per heavy atom. The first-order valence-electron chi connectivity index (χ1n) is 15.8. The van der Waals surface area contributed by atoms with E-state index in [-0.39, 0.29) is 0 Å². The van der Waals surface area contributed by atoms with Crippen LogP contribution < -0.4 is 0 Å². The average molecular weight is 573 g/mol. The summed E-state index contributed by atoms with van der Waals surface area (Å²) in [6, 6.07) is 19.7. The van der Waals surface area contributed by atoms with Crippen LogP contribution in [0, 0.1) is 0 Å². The molecule has 5 nitrogen and oxygen atoms in total. The van der Waals surface area contributed by atoms with Gasteiger partial charge in [0.2, 0.25) is 0 Å². The molecule has 0 aromatic heterocycles. The van der Waals surface area contributed by atoms with E-state index in [1.54, 1.807) is 0 Å². The Morgan fingerprint density at radius 1 is 0.525 bits per heavy atom. The number of hydrogen-bond acceptors (Lipinski definition) is 4. The van der Waals surface area contributed by atoms with Gasteiger partial charge in [0.1, 0.15) is 0 Å². The number of benzene rings is 2. The van der Waals surface area contributed by atoms with Crippen molar-refractivity contribution in [1.82, 2.24) is 0 Å². The van der Waals surface area contributed by atoms with E-state index in [9.17, 15) is 9.36 Å². The largest absolute Gasteiger partial charge is 0.481 e. The number of carboxylic acids is 1. The second kappa shape index (κ2) is 22.7. The van der Waals surface area contributed by atoms with Crippen LogP contribution in [-0.4, -0.2) is 17.2 Å². The van der Waals surface area contributed by atoms with Gasteiger partial charge >= 0.3 is 13.6 Å². The molecule has 0 unspecified atom stereocenters. The van der Waals surface area contributed by atoms with Gasteiger partial charge in [-0.25, -0.2) is 0 Å². The normalized spacial score (nSPS) is 11.6. The Bertz CT molecular complexity index is 871. The van der Waals surface area contributed by atoms with Crippen LogP contribution in [0.4, 0.5) is 0 Å². The van der Waals surface area contributed by atoms with Gasteiger partial charge in [-0.15, -0.1) is 0 Å². The zero-order chi connectivity index (χ0) is 28.6. The van der Waals surface area contributed by atoms with Crippen LogP contribution in [0.5, 0.6) is 0 Å². The van der Waals surface area contributed by atoms with Gasteiger partial charge in [0.05, 0.1) is 19.4 Å². The molecule has 2 aromatic rings. The molecule has 0 amide bonds. The molecule has 6 heteroatoms. The van der Waals surface area contributed by atoms with E-state index in [0.29, 0.717) is 25.8 Å². The Labute approximate surface area is 243 Å². The van der Waals surface area contributed by atoms with E-state index in [2.05, 4.69) is 0 Å². The molecule has 40 heavy (non-hydrogen) atoms. The van der Waals surface area contributed by atoms with Crippen LogP contribution in [0.25, 0.3) is 0 Å². The number of aliphatic carboxylic acids is 1. The highest BCUT2D eigenvalue weighted by Crippen LogP contribution is 2.50. The fraction of sp³-hybridized carbons (Fsp3) is 0.618. The van der Waals surface area contributed by atoms with E-state index in [1.165, 1.54) is 83.5 Å². The first kappa shape index (κ1) is 34.3. The van der Waals surface area contributed by atoms with Crippen molar-refractivity contribution in [2.24, 2.45) is 0 Å². The van der Waals surface area contributed by atoms with E-state index >= 15 is 0 Å². The maximum Gasteiger partial charge on any atom is 0.331 e. The van der Waals surface area contributed by atoms with Crippen molar-refractivity contribution in [3.63, 3.8) is 0 Å². The number of carbonyl (C=O) groups is 1. The van der Waals surface area contributed by atoms with Gasteiger partial charge in [-0.05, 0) is 24.0 Å². The van der Waals surface area contributed by atoms with E-state index < -0.39 is 13.6 Å². The van der Waals surface area contributed by atoms with Crippen molar-refractivity contribution in [2.75, 3.05) is 6.16 Å². The molecule has 0 heterocycles. The van der Waals surface area contributed by atoms with E-state index in [4.69, 9.17) is 14.2 Å². The van der Waals surface area contributed by atoms with Crippen molar-refractivity contribution in [2.45, 2.75) is 129 Å². The lowest BCUT2D eigenvalue weighted by Gasteiger charge is -2.19. The Morgan fingerprint density at radius 2 is 0.850 bits per heavy atom. The molecule has 2 aromatic carbocycles. The fourth-order valence-electron chi connectivity index (χ4n) is 4.89. The van der Waals surface area contributed by atoms with Gasteiger partial charge in [-0.3, -0.25) is 9.36 Å². The number of hydrogen-bond donors (Lipinski definition) is 1. The summed E-state index contributed by atoms with van der Waals surface area (Å²) in [6.45, 7) is 0.617. The molecule has 0 spiro atoms. The summed E-state index contributed by atoms with van der Waals surface area (Å²) in [5, 5.41) is 8.64. The third-order valence-corrected chi connectivity index (χ3v) is 9.27. The second-order valence-corrected chi connectivity index (χ2v) is 13.2. The summed E-state index contributed by atoms with van der Waals surface area (Å²) in [5.41, 5.74) is 2.01. The molecule has 0 aliphatic carbocycles. The van der Waals surface area contributed by atoms with Crippen molar-refractivity contribution in [3.05, 3.63) is 71.8 Å². The summed E-state index contributed by atoms with van der Waals surface area (Å²) in [7, 11) is -3.16. The van der Waals surface area contributed by atoms with Crippen LogP contribution in [0.1, 0.15) is 127 Å². The Kier molecular flexibility index (Phi) is 19.5. The first-order chi connectivity index (χ1) is 19.6. The summed E-state index contributed by atoms with van der Waals surface area (Å²) >= 11 is 0. The van der Waals surface area contributed by atoms with Gasteiger partial charge in [-0.2, -0.15) is 0 Å².